The quantitative estimate of drug-likeness (QED) is 0.636. The molecule has 0 fully saturated rings. The van der Waals surface area contributed by atoms with Crippen LogP contribution in [0.2, 0.25) is 0 Å². The summed E-state index contributed by atoms with van der Waals surface area (Å²) in [5, 5.41) is 21.3. The highest BCUT2D eigenvalue weighted by atomic mass is 16.3. The maximum absolute atomic E-state index is 11.9. The van der Waals surface area contributed by atoms with E-state index in [4.69, 9.17) is 5.73 Å². The summed E-state index contributed by atoms with van der Waals surface area (Å²) < 4.78 is 0. The van der Waals surface area contributed by atoms with E-state index in [0.717, 1.165) is 5.56 Å². The molecule has 5 nitrogen and oxygen atoms in total. The number of nitrogens with one attached hydrogen (secondary N) is 1. The number of benzene rings is 2. The van der Waals surface area contributed by atoms with E-state index >= 15 is 0 Å². The van der Waals surface area contributed by atoms with Gasteiger partial charge in [-0.2, -0.15) is 0 Å². The lowest BCUT2D eigenvalue weighted by atomic mass is 10.1. The molecular formula is C15H16N2O3. The van der Waals surface area contributed by atoms with Gasteiger partial charge in [0.05, 0.1) is 11.7 Å². The topological polar surface area (TPSA) is 95.6 Å². The van der Waals surface area contributed by atoms with Crippen LogP contribution in [-0.2, 0) is 11.2 Å². The molecule has 2 aromatic rings. The first kappa shape index (κ1) is 13.9. The largest absolute Gasteiger partial charge is 0.508 e. The number of phenolic OH excluding ortho intramolecular Hbond substituents is 2. The van der Waals surface area contributed by atoms with E-state index in [1.54, 1.807) is 42.5 Å². The van der Waals surface area contributed by atoms with Gasteiger partial charge in [-0.15, -0.1) is 0 Å². The van der Waals surface area contributed by atoms with Crippen LogP contribution < -0.4 is 11.1 Å². The molecule has 0 aliphatic rings. The summed E-state index contributed by atoms with van der Waals surface area (Å²) in [5.74, 6) is -0.210. The molecule has 1 atom stereocenters. The Hall–Kier alpha value is -2.53. The van der Waals surface area contributed by atoms with Crippen molar-refractivity contribution >= 4 is 11.6 Å². The normalized spacial score (nSPS) is 11.8. The first-order valence-electron chi connectivity index (χ1n) is 6.18. The highest BCUT2D eigenvalue weighted by molar-refractivity contribution is 5.96. The standard InChI is InChI=1S/C15H16N2O3/c16-12(9-10-5-7-11(18)8-6-10)15(20)17-13-3-1-2-4-14(13)19/h1-8,12,18-19H,9,16H2,(H,17,20). The Balaban J connectivity index is 1.99. The third kappa shape index (κ3) is 3.49. The molecule has 5 N–H and O–H groups in total. The van der Waals surface area contributed by atoms with Crippen LogP contribution in [0.3, 0.4) is 0 Å². The average molecular weight is 272 g/mol. The fourth-order valence-corrected chi connectivity index (χ4v) is 1.78. The van der Waals surface area contributed by atoms with Crippen molar-refractivity contribution in [2.75, 3.05) is 5.32 Å². The molecule has 0 aliphatic heterocycles. The van der Waals surface area contributed by atoms with Crippen LogP contribution in [-0.4, -0.2) is 22.2 Å². The molecule has 0 aliphatic carbocycles. The number of aromatic hydroxyl groups is 2. The lowest BCUT2D eigenvalue weighted by molar-refractivity contribution is -0.117. The minimum atomic E-state index is -0.737. The molecular weight excluding hydrogens is 256 g/mol. The van der Waals surface area contributed by atoms with Gasteiger partial charge < -0.3 is 21.3 Å². The molecule has 5 heteroatoms. The van der Waals surface area contributed by atoms with E-state index < -0.39 is 6.04 Å². The molecule has 0 radical (unpaired) electrons. The lowest BCUT2D eigenvalue weighted by Gasteiger charge is -2.13. The number of amides is 1. The second-order valence-electron chi connectivity index (χ2n) is 4.48. The summed E-state index contributed by atoms with van der Waals surface area (Å²) >= 11 is 0. The second-order valence-corrected chi connectivity index (χ2v) is 4.48. The number of para-hydroxylation sites is 2. The predicted octanol–water partition coefficient (Wildman–Crippen LogP) is 1.61. The predicted molar refractivity (Wildman–Crippen MR) is 76.5 cm³/mol. The summed E-state index contributed by atoms with van der Waals surface area (Å²) in [6, 6.07) is 12.2. The van der Waals surface area contributed by atoms with Gasteiger partial charge in [-0.25, -0.2) is 0 Å². The molecule has 0 saturated heterocycles. The minimum Gasteiger partial charge on any atom is -0.508 e. The maximum Gasteiger partial charge on any atom is 0.241 e. The minimum absolute atomic E-state index is 0.00214. The van der Waals surface area contributed by atoms with Crippen molar-refractivity contribution in [3.63, 3.8) is 0 Å². The van der Waals surface area contributed by atoms with E-state index in [9.17, 15) is 15.0 Å². The Morgan fingerprint density at radius 2 is 1.75 bits per heavy atom. The average Bonchev–Trinajstić information content (AvgIpc) is 2.44. The maximum atomic E-state index is 11.9. The van der Waals surface area contributed by atoms with Gasteiger partial charge in [-0.05, 0) is 36.2 Å². The third-order valence-electron chi connectivity index (χ3n) is 2.89. The molecule has 1 unspecified atom stereocenters. The summed E-state index contributed by atoms with van der Waals surface area (Å²) in [4.78, 5) is 11.9. The number of hydrogen-bond acceptors (Lipinski definition) is 4. The van der Waals surface area contributed by atoms with E-state index in [0.29, 0.717) is 12.1 Å². The highest BCUT2D eigenvalue weighted by Crippen LogP contribution is 2.21. The van der Waals surface area contributed by atoms with Crippen LogP contribution in [0, 0.1) is 0 Å². The van der Waals surface area contributed by atoms with Crippen LogP contribution in [0.4, 0.5) is 5.69 Å². The number of phenols is 2. The van der Waals surface area contributed by atoms with Crippen LogP contribution in [0.25, 0.3) is 0 Å². The van der Waals surface area contributed by atoms with Crippen molar-refractivity contribution in [1.82, 2.24) is 0 Å². The molecule has 104 valence electrons. The number of carbonyl (C=O) groups is 1. The molecule has 2 rings (SSSR count). The third-order valence-corrected chi connectivity index (χ3v) is 2.89. The summed E-state index contributed by atoms with van der Waals surface area (Å²) in [7, 11) is 0. The zero-order valence-corrected chi connectivity index (χ0v) is 10.8. The van der Waals surface area contributed by atoms with Crippen LogP contribution in [0.15, 0.2) is 48.5 Å². The van der Waals surface area contributed by atoms with Crippen molar-refractivity contribution in [1.29, 1.82) is 0 Å². The summed E-state index contributed by atoms with van der Waals surface area (Å²) in [6.45, 7) is 0. The summed E-state index contributed by atoms with van der Waals surface area (Å²) in [5.41, 5.74) is 7.01. The Labute approximate surface area is 116 Å². The molecule has 1 amide bonds. The molecule has 0 aromatic heterocycles. The van der Waals surface area contributed by atoms with E-state index in [1.807, 2.05) is 0 Å². The van der Waals surface area contributed by atoms with Crippen LogP contribution in [0.1, 0.15) is 5.56 Å². The van der Waals surface area contributed by atoms with Crippen molar-refractivity contribution in [2.45, 2.75) is 12.5 Å². The van der Waals surface area contributed by atoms with Crippen molar-refractivity contribution in [3.8, 4) is 11.5 Å². The van der Waals surface area contributed by atoms with Crippen molar-refractivity contribution in [3.05, 3.63) is 54.1 Å². The van der Waals surface area contributed by atoms with Gasteiger partial charge in [0, 0.05) is 0 Å². The molecule has 0 bridgehead atoms. The van der Waals surface area contributed by atoms with Gasteiger partial charge in [0.15, 0.2) is 0 Å². The van der Waals surface area contributed by atoms with E-state index in [1.165, 1.54) is 6.07 Å². The Bertz CT molecular complexity index is 596. The van der Waals surface area contributed by atoms with Crippen molar-refractivity contribution < 1.29 is 15.0 Å². The fraction of sp³-hybridized carbons (Fsp3) is 0.133. The van der Waals surface area contributed by atoms with Gasteiger partial charge in [0.2, 0.25) is 5.91 Å². The number of carbonyl (C=O) groups excluding carboxylic acids is 1. The Morgan fingerprint density at radius 3 is 2.40 bits per heavy atom. The SMILES string of the molecule is NC(Cc1ccc(O)cc1)C(=O)Nc1ccccc1O. The van der Waals surface area contributed by atoms with Gasteiger partial charge in [-0.1, -0.05) is 24.3 Å². The highest BCUT2D eigenvalue weighted by Gasteiger charge is 2.15. The zero-order chi connectivity index (χ0) is 14.5. The summed E-state index contributed by atoms with van der Waals surface area (Å²) in [6.07, 6.45) is 0.347. The van der Waals surface area contributed by atoms with Crippen LogP contribution >= 0.6 is 0 Å². The van der Waals surface area contributed by atoms with Gasteiger partial charge in [0.1, 0.15) is 11.5 Å². The van der Waals surface area contributed by atoms with Crippen molar-refractivity contribution in [2.24, 2.45) is 5.73 Å². The zero-order valence-electron chi connectivity index (χ0n) is 10.8. The molecule has 0 spiro atoms. The number of rotatable bonds is 4. The first-order chi connectivity index (χ1) is 9.56. The Kier molecular flexibility index (Phi) is 4.22. The number of nitrogens with two attached hydrogens (primary N) is 1. The van der Waals surface area contributed by atoms with E-state index in [-0.39, 0.29) is 17.4 Å². The first-order valence-corrected chi connectivity index (χ1v) is 6.18. The fourth-order valence-electron chi connectivity index (χ4n) is 1.78. The molecule has 0 saturated carbocycles. The molecule has 0 heterocycles. The molecule has 20 heavy (non-hydrogen) atoms. The Morgan fingerprint density at radius 1 is 1.10 bits per heavy atom. The lowest BCUT2D eigenvalue weighted by Crippen LogP contribution is -2.37. The number of hydrogen-bond donors (Lipinski definition) is 4. The monoisotopic (exact) mass is 272 g/mol. The van der Waals surface area contributed by atoms with E-state index in [2.05, 4.69) is 5.32 Å². The van der Waals surface area contributed by atoms with Gasteiger partial charge >= 0.3 is 0 Å². The smallest absolute Gasteiger partial charge is 0.241 e. The number of anilines is 1. The second kappa shape index (κ2) is 6.08. The van der Waals surface area contributed by atoms with Gasteiger partial charge in [-0.3, -0.25) is 4.79 Å². The molecule has 2 aromatic carbocycles. The van der Waals surface area contributed by atoms with Gasteiger partial charge in [0.25, 0.3) is 0 Å². The van der Waals surface area contributed by atoms with Crippen LogP contribution in [0.5, 0.6) is 11.5 Å².